The van der Waals surface area contributed by atoms with Crippen molar-refractivity contribution in [2.75, 3.05) is 26.7 Å². The summed E-state index contributed by atoms with van der Waals surface area (Å²) in [6.07, 6.45) is 3.75. The van der Waals surface area contributed by atoms with Gasteiger partial charge in [0.2, 0.25) is 0 Å². The second kappa shape index (κ2) is 7.41. The Balaban J connectivity index is 1.72. The first-order valence-electron chi connectivity index (χ1n) is 7.37. The zero-order valence-corrected chi connectivity index (χ0v) is 12.1. The second-order valence-corrected chi connectivity index (χ2v) is 5.67. The summed E-state index contributed by atoms with van der Waals surface area (Å²) < 4.78 is 0. The van der Waals surface area contributed by atoms with E-state index in [-0.39, 0.29) is 0 Å². The van der Waals surface area contributed by atoms with Gasteiger partial charge in [-0.15, -0.1) is 0 Å². The Labute approximate surface area is 120 Å². The highest BCUT2D eigenvalue weighted by atomic mass is 16.4. The van der Waals surface area contributed by atoms with Crippen LogP contribution in [-0.4, -0.2) is 42.7 Å². The number of carbonyl (C=O) groups is 1. The molecule has 0 aliphatic carbocycles. The Hall–Kier alpha value is -1.39. The first kappa shape index (κ1) is 15.0. The van der Waals surface area contributed by atoms with Gasteiger partial charge in [0.15, 0.2) is 0 Å². The lowest BCUT2D eigenvalue weighted by molar-refractivity contribution is 0.0695. The normalized spacial score (nSPS) is 17.2. The third-order valence-electron chi connectivity index (χ3n) is 4.13. The Kier molecular flexibility index (Phi) is 5.56. The summed E-state index contributed by atoms with van der Waals surface area (Å²) in [5, 5.41) is 12.5. The molecule has 0 saturated carbocycles. The van der Waals surface area contributed by atoms with Gasteiger partial charge < -0.3 is 15.3 Å². The molecule has 0 radical (unpaired) electrons. The van der Waals surface area contributed by atoms with Crippen molar-refractivity contribution in [3.05, 3.63) is 35.4 Å². The van der Waals surface area contributed by atoms with Crippen molar-refractivity contribution in [2.45, 2.75) is 25.8 Å². The van der Waals surface area contributed by atoms with E-state index in [9.17, 15) is 4.79 Å². The molecule has 0 spiro atoms. The molecule has 110 valence electrons. The van der Waals surface area contributed by atoms with Crippen LogP contribution in [0.2, 0.25) is 0 Å². The van der Waals surface area contributed by atoms with Crippen molar-refractivity contribution >= 4 is 5.97 Å². The van der Waals surface area contributed by atoms with Crippen molar-refractivity contribution in [3.8, 4) is 0 Å². The van der Waals surface area contributed by atoms with Crippen molar-refractivity contribution in [3.63, 3.8) is 0 Å². The van der Waals surface area contributed by atoms with E-state index in [0.29, 0.717) is 12.1 Å². The van der Waals surface area contributed by atoms with Crippen LogP contribution >= 0.6 is 0 Å². The number of aromatic carboxylic acids is 1. The lowest BCUT2D eigenvalue weighted by atomic mass is 9.94. The highest BCUT2D eigenvalue weighted by Crippen LogP contribution is 2.18. The van der Waals surface area contributed by atoms with E-state index in [1.807, 2.05) is 12.1 Å². The number of carboxylic acid groups (broad SMARTS) is 1. The third-order valence-corrected chi connectivity index (χ3v) is 4.13. The molecule has 0 bridgehead atoms. The molecule has 1 aromatic rings. The van der Waals surface area contributed by atoms with Crippen molar-refractivity contribution in [1.29, 1.82) is 0 Å². The average Bonchev–Trinajstić information content (AvgIpc) is 2.46. The Morgan fingerprint density at radius 3 is 2.75 bits per heavy atom. The van der Waals surface area contributed by atoms with E-state index in [4.69, 9.17) is 5.11 Å². The molecular formula is C16H24N2O2. The van der Waals surface area contributed by atoms with Crippen molar-refractivity contribution in [1.82, 2.24) is 10.2 Å². The quantitative estimate of drug-likeness (QED) is 0.782. The molecule has 4 heteroatoms. The predicted octanol–water partition coefficient (Wildman–Crippen LogP) is 2.21. The molecule has 0 aromatic heterocycles. The monoisotopic (exact) mass is 276 g/mol. The van der Waals surface area contributed by atoms with Crippen LogP contribution in [0.25, 0.3) is 0 Å². The fourth-order valence-corrected chi connectivity index (χ4v) is 2.76. The van der Waals surface area contributed by atoms with Crippen molar-refractivity contribution < 1.29 is 9.90 Å². The van der Waals surface area contributed by atoms with E-state index in [1.54, 1.807) is 12.1 Å². The summed E-state index contributed by atoms with van der Waals surface area (Å²) in [6.45, 7) is 4.00. The van der Waals surface area contributed by atoms with Crippen LogP contribution in [0.1, 0.15) is 35.2 Å². The summed E-state index contributed by atoms with van der Waals surface area (Å²) in [5.74, 6) is -0.0360. The van der Waals surface area contributed by atoms with E-state index in [0.717, 1.165) is 18.0 Å². The smallest absolute Gasteiger partial charge is 0.336 e. The van der Waals surface area contributed by atoms with E-state index < -0.39 is 5.97 Å². The van der Waals surface area contributed by atoms with Gasteiger partial charge in [-0.3, -0.25) is 0 Å². The first-order chi connectivity index (χ1) is 9.66. The van der Waals surface area contributed by atoms with E-state index in [1.165, 1.54) is 32.4 Å². The number of piperidine rings is 1. The zero-order chi connectivity index (χ0) is 14.4. The molecule has 0 amide bonds. The number of nitrogens with zero attached hydrogens (tertiary/aromatic N) is 1. The summed E-state index contributed by atoms with van der Waals surface area (Å²) in [4.78, 5) is 13.5. The van der Waals surface area contributed by atoms with Gasteiger partial charge in [0.25, 0.3) is 0 Å². The molecule has 2 rings (SSSR count). The number of rotatable bonds is 6. The molecule has 1 aromatic carbocycles. The number of benzene rings is 1. The molecule has 4 nitrogen and oxygen atoms in total. The molecule has 1 heterocycles. The lowest BCUT2D eigenvalue weighted by Crippen LogP contribution is -2.31. The zero-order valence-electron chi connectivity index (χ0n) is 12.1. The fraction of sp³-hybridized carbons (Fsp3) is 0.562. The van der Waals surface area contributed by atoms with Crippen LogP contribution in [0.4, 0.5) is 0 Å². The number of hydrogen-bond donors (Lipinski definition) is 2. The topological polar surface area (TPSA) is 52.6 Å². The third kappa shape index (κ3) is 4.32. The van der Waals surface area contributed by atoms with Crippen LogP contribution in [0, 0.1) is 5.92 Å². The number of hydrogen-bond acceptors (Lipinski definition) is 3. The summed E-state index contributed by atoms with van der Waals surface area (Å²) in [5.41, 5.74) is 1.27. The van der Waals surface area contributed by atoms with Crippen LogP contribution < -0.4 is 5.32 Å². The van der Waals surface area contributed by atoms with Gasteiger partial charge in [-0.25, -0.2) is 4.79 Å². The fourth-order valence-electron chi connectivity index (χ4n) is 2.76. The van der Waals surface area contributed by atoms with Crippen molar-refractivity contribution in [2.24, 2.45) is 5.92 Å². The molecule has 0 unspecified atom stereocenters. The van der Waals surface area contributed by atoms with Crippen LogP contribution in [-0.2, 0) is 6.54 Å². The maximum Gasteiger partial charge on any atom is 0.336 e. The molecule has 1 saturated heterocycles. The summed E-state index contributed by atoms with van der Waals surface area (Å²) in [7, 11) is 2.18. The second-order valence-electron chi connectivity index (χ2n) is 5.67. The molecule has 0 atom stereocenters. The minimum atomic E-state index is -0.849. The maximum absolute atomic E-state index is 11.1. The molecule has 20 heavy (non-hydrogen) atoms. The van der Waals surface area contributed by atoms with Gasteiger partial charge in [0.05, 0.1) is 5.56 Å². The molecular weight excluding hydrogens is 252 g/mol. The predicted molar refractivity (Wildman–Crippen MR) is 79.9 cm³/mol. The van der Waals surface area contributed by atoms with E-state index in [2.05, 4.69) is 17.3 Å². The maximum atomic E-state index is 11.1. The number of likely N-dealkylation sites (tertiary alicyclic amines) is 1. The van der Waals surface area contributed by atoms with Gasteiger partial charge in [-0.1, -0.05) is 18.2 Å². The lowest BCUT2D eigenvalue weighted by Gasteiger charge is -2.28. The Morgan fingerprint density at radius 2 is 2.05 bits per heavy atom. The van der Waals surface area contributed by atoms with Crippen LogP contribution in [0.15, 0.2) is 24.3 Å². The standard InChI is InChI=1S/C16H24N2O2/c1-18-10-7-13(8-11-18)6-9-17-12-14-4-2-3-5-15(14)16(19)20/h2-5,13,17H,6-12H2,1H3,(H,19,20). The highest BCUT2D eigenvalue weighted by Gasteiger charge is 2.16. The summed E-state index contributed by atoms with van der Waals surface area (Å²) in [6, 6.07) is 7.20. The van der Waals surface area contributed by atoms with Gasteiger partial charge >= 0.3 is 5.97 Å². The average molecular weight is 276 g/mol. The van der Waals surface area contributed by atoms with E-state index >= 15 is 0 Å². The largest absolute Gasteiger partial charge is 0.478 e. The molecule has 1 aliphatic rings. The van der Waals surface area contributed by atoms with Crippen LogP contribution in [0.3, 0.4) is 0 Å². The van der Waals surface area contributed by atoms with Gasteiger partial charge in [0.1, 0.15) is 0 Å². The van der Waals surface area contributed by atoms with Crippen LogP contribution in [0.5, 0.6) is 0 Å². The summed E-state index contributed by atoms with van der Waals surface area (Å²) >= 11 is 0. The Morgan fingerprint density at radius 1 is 1.35 bits per heavy atom. The minimum Gasteiger partial charge on any atom is -0.478 e. The van der Waals surface area contributed by atoms with Gasteiger partial charge in [-0.2, -0.15) is 0 Å². The first-order valence-corrected chi connectivity index (χ1v) is 7.37. The molecule has 1 fully saturated rings. The Bertz CT molecular complexity index is 440. The SMILES string of the molecule is CN1CCC(CCNCc2ccccc2C(=O)O)CC1. The molecule has 1 aliphatic heterocycles. The number of nitrogens with one attached hydrogen (secondary N) is 1. The van der Waals surface area contributed by atoms with Gasteiger partial charge in [-0.05, 0) is 63.5 Å². The highest BCUT2D eigenvalue weighted by molar-refractivity contribution is 5.89. The van der Waals surface area contributed by atoms with Gasteiger partial charge in [0, 0.05) is 6.54 Å². The minimum absolute atomic E-state index is 0.402. The molecule has 2 N–H and O–H groups in total. The number of carboxylic acids is 1.